The van der Waals surface area contributed by atoms with Gasteiger partial charge in [-0.3, -0.25) is 9.59 Å². The summed E-state index contributed by atoms with van der Waals surface area (Å²) >= 11 is 3.28. The van der Waals surface area contributed by atoms with Crippen LogP contribution in [-0.4, -0.2) is 33.1 Å². The molecule has 0 bridgehead atoms. The van der Waals surface area contributed by atoms with Crippen molar-refractivity contribution < 1.29 is 18.8 Å². The predicted molar refractivity (Wildman–Crippen MR) is 123 cm³/mol. The Labute approximate surface area is 193 Å². The van der Waals surface area contributed by atoms with Crippen molar-refractivity contribution in [3.8, 4) is 11.4 Å². The van der Waals surface area contributed by atoms with Crippen molar-refractivity contribution in [2.24, 2.45) is 0 Å². The van der Waals surface area contributed by atoms with Crippen molar-refractivity contribution in [1.29, 1.82) is 0 Å². The largest absolute Gasteiger partial charge is 0.457 e. The second-order valence-electron chi connectivity index (χ2n) is 7.37. The van der Waals surface area contributed by atoms with Gasteiger partial charge in [-0.25, -0.2) is 0 Å². The highest BCUT2D eigenvalue weighted by Crippen LogP contribution is 2.20. The first kappa shape index (κ1) is 22.2. The molecular weight excluding hydrogens is 446 g/mol. The van der Waals surface area contributed by atoms with Crippen LogP contribution in [0.25, 0.3) is 11.4 Å². The van der Waals surface area contributed by atoms with Gasteiger partial charge in [-0.05, 0) is 49.2 Å². The number of aryl methyl sites for hydroxylation is 3. The number of hydrogen-bond donors (Lipinski definition) is 0. The van der Waals surface area contributed by atoms with Gasteiger partial charge in [0, 0.05) is 45.7 Å². The van der Waals surface area contributed by atoms with Crippen LogP contribution in [0.2, 0.25) is 0 Å². The number of hydrogen-bond acceptors (Lipinski definition) is 8. The molecule has 7 nitrogen and oxygen atoms in total. The van der Waals surface area contributed by atoms with Crippen LogP contribution in [0.15, 0.2) is 44.9 Å². The van der Waals surface area contributed by atoms with Crippen LogP contribution in [0, 0.1) is 13.8 Å². The molecule has 9 heteroatoms. The molecule has 0 radical (unpaired) electrons. The van der Waals surface area contributed by atoms with Gasteiger partial charge in [0.1, 0.15) is 0 Å². The fraction of sp³-hybridized carbons (Fsp3) is 0.304. The van der Waals surface area contributed by atoms with Crippen LogP contribution in [0.5, 0.6) is 0 Å². The Kier molecular flexibility index (Phi) is 6.96. The molecule has 0 N–H and O–H groups in total. The van der Waals surface area contributed by atoms with Gasteiger partial charge >= 0.3 is 5.97 Å². The zero-order valence-electron chi connectivity index (χ0n) is 17.9. The molecule has 4 rings (SSSR count). The number of Topliss-reactive ketones (excluding diaryl/α,β-unsaturated/α-hetero) is 1. The number of carbonyl (C=O) groups is 2. The lowest BCUT2D eigenvalue weighted by atomic mass is 10.1. The van der Waals surface area contributed by atoms with Gasteiger partial charge < -0.3 is 13.8 Å². The third kappa shape index (κ3) is 5.23. The third-order valence-corrected chi connectivity index (χ3v) is 6.81. The van der Waals surface area contributed by atoms with E-state index >= 15 is 0 Å². The molecular formula is C23H23N3O4S2. The summed E-state index contributed by atoms with van der Waals surface area (Å²) in [4.78, 5) is 30.3. The fourth-order valence-electron chi connectivity index (χ4n) is 3.47. The summed E-state index contributed by atoms with van der Waals surface area (Å²) < 4.78 is 12.5. The average Bonchev–Trinajstić information content (AvgIpc) is 3.58. The van der Waals surface area contributed by atoms with Crippen LogP contribution >= 0.6 is 22.7 Å². The van der Waals surface area contributed by atoms with E-state index in [4.69, 9.17) is 9.26 Å². The monoisotopic (exact) mass is 469 g/mol. The normalized spacial score (nSPS) is 11.1. The molecule has 166 valence electrons. The quantitative estimate of drug-likeness (QED) is 0.243. The van der Waals surface area contributed by atoms with Gasteiger partial charge in [0.05, 0.1) is 6.42 Å². The number of ketones is 1. The first-order chi connectivity index (χ1) is 15.5. The van der Waals surface area contributed by atoms with Gasteiger partial charge in [0.15, 0.2) is 6.61 Å². The molecule has 0 saturated carbocycles. The smallest absolute Gasteiger partial charge is 0.306 e. The molecule has 32 heavy (non-hydrogen) atoms. The van der Waals surface area contributed by atoms with Crippen molar-refractivity contribution in [2.45, 2.75) is 39.7 Å². The molecule has 0 aromatic carbocycles. The standard InChI is InChI=1S/C23H23N3O4S2/c1-15-12-19(16(2)26(15)9-7-18-4-3-10-32-18)20(27)13-29-22(28)6-5-21-24-23(25-30-21)17-8-11-31-14-17/h3-4,8,10-12,14H,5-7,9,13H2,1-2H3. The van der Waals surface area contributed by atoms with Crippen LogP contribution in [0.3, 0.4) is 0 Å². The Hall–Kier alpha value is -3.04. The third-order valence-electron chi connectivity index (χ3n) is 5.19. The number of ether oxygens (including phenoxy) is 1. The van der Waals surface area contributed by atoms with Crippen LogP contribution in [0.4, 0.5) is 0 Å². The van der Waals surface area contributed by atoms with Crippen LogP contribution in [0.1, 0.15) is 38.9 Å². The minimum absolute atomic E-state index is 0.0678. The van der Waals surface area contributed by atoms with E-state index in [9.17, 15) is 9.59 Å². The summed E-state index contributed by atoms with van der Waals surface area (Å²) in [6.07, 6.45) is 1.25. The summed E-state index contributed by atoms with van der Waals surface area (Å²) in [5.74, 6) is 0.189. The van der Waals surface area contributed by atoms with Crippen molar-refractivity contribution in [3.05, 3.63) is 68.1 Å². The van der Waals surface area contributed by atoms with Crippen LogP contribution in [-0.2, 0) is 28.9 Å². The summed E-state index contributed by atoms with van der Waals surface area (Å²) in [7, 11) is 0. The first-order valence-corrected chi connectivity index (χ1v) is 12.1. The zero-order valence-corrected chi connectivity index (χ0v) is 19.5. The molecule has 4 heterocycles. The summed E-state index contributed by atoms with van der Waals surface area (Å²) in [6.45, 7) is 4.44. The Morgan fingerprint density at radius 2 is 2.06 bits per heavy atom. The fourth-order valence-corrected chi connectivity index (χ4v) is 4.81. The van der Waals surface area contributed by atoms with Gasteiger partial charge in [0.2, 0.25) is 17.5 Å². The summed E-state index contributed by atoms with van der Waals surface area (Å²) in [5.41, 5.74) is 3.39. The Morgan fingerprint density at radius 3 is 2.81 bits per heavy atom. The molecule has 0 atom stereocenters. The minimum Gasteiger partial charge on any atom is -0.457 e. The van der Waals surface area contributed by atoms with E-state index in [1.54, 1.807) is 22.7 Å². The first-order valence-electron chi connectivity index (χ1n) is 10.2. The molecule has 0 aliphatic rings. The lowest BCUT2D eigenvalue weighted by Crippen LogP contribution is -2.15. The SMILES string of the molecule is Cc1cc(C(=O)COC(=O)CCc2nc(-c3ccsc3)no2)c(C)n1CCc1cccs1. The number of carbonyl (C=O) groups excluding carboxylic acids is 2. The molecule has 0 amide bonds. The van der Waals surface area contributed by atoms with Crippen molar-refractivity contribution in [1.82, 2.24) is 14.7 Å². The Bertz CT molecular complexity index is 1190. The van der Waals surface area contributed by atoms with E-state index in [2.05, 4.69) is 26.2 Å². The lowest BCUT2D eigenvalue weighted by molar-refractivity contribution is -0.142. The highest BCUT2D eigenvalue weighted by Gasteiger charge is 2.18. The maximum absolute atomic E-state index is 12.6. The van der Waals surface area contributed by atoms with E-state index < -0.39 is 5.97 Å². The maximum atomic E-state index is 12.6. The maximum Gasteiger partial charge on any atom is 0.306 e. The molecule has 4 aromatic heterocycles. The predicted octanol–water partition coefficient (Wildman–Crippen LogP) is 4.88. The second-order valence-corrected chi connectivity index (χ2v) is 9.19. The van der Waals surface area contributed by atoms with E-state index in [1.165, 1.54) is 4.88 Å². The average molecular weight is 470 g/mol. The van der Waals surface area contributed by atoms with Crippen molar-refractivity contribution in [3.63, 3.8) is 0 Å². The van der Waals surface area contributed by atoms with Gasteiger partial charge in [0.25, 0.3) is 0 Å². The number of nitrogens with zero attached hydrogens (tertiary/aromatic N) is 3. The minimum atomic E-state index is -0.472. The van der Waals surface area contributed by atoms with E-state index in [0.29, 0.717) is 17.3 Å². The van der Waals surface area contributed by atoms with Crippen LogP contribution < -0.4 is 0 Å². The highest BCUT2D eigenvalue weighted by molar-refractivity contribution is 7.09. The number of esters is 1. The Morgan fingerprint density at radius 1 is 1.19 bits per heavy atom. The molecule has 4 aromatic rings. The Balaban J connectivity index is 1.27. The van der Waals surface area contributed by atoms with Crippen molar-refractivity contribution in [2.75, 3.05) is 6.61 Å². The highest BCUT2D eigenvalue weighted by atomic mass is 32.1. The number of thiophene rings is 2. The summed E-state index contributed by atoms with van der Waals surface area (Å²) in [6, 6.07) is 7.92. The van der Waals surface area contributed by atoms with E-state index in [1.807, 2.05) is 42.8 Å². The number of aromatic nitrogens is 3. The van der Waals surface area contributed by atoms with E-state index in [0.717, 1.165) is 29.9 Å². The van der Waals surface area contributed by atoms with Gasteiger partial charge in [-0.1, -0.05) is 11.2 Å². The van der Waals surface area contributed by atoms with Crippen molar-refractivity contribution >= 4 is 34.4 Å². The summed E-state index contributed by atoms with van der Waals surface area (Å²) in [5, 5.41) is 9.83. The molecule has 0 saturated heterocycles. The van der Waals surface area contributed by atoms with Gasteiger partial charge in [-0.2, -0.15) is 16.3 Å². The van der Waals surface area contributed by atoms with Gasteiger partial charge in [-0.15, -0.1) is 11.3 Å². The molecule has 0 fully saturated rings. The molecule has 0 aliphatic carbocycles. The molecule has 0 unspecified atom stereocenters. The molecule has 0 spiro atoms. The second kappa shape index (κ2) is 10.1. The number of rotatable bonds is 10. The topological polar surface area (TPSA) is 87.2 Å². The zero-order chi connectivity index (χ0) is 22.5. The van der Waals surface area contributed by atoms with E-state index in [-0.39, 0.29) is 25.2 Å². The molecule has 0 aliphatic heterocycles. The lowest BCUT2D eigenvalue weighted by Gasteiger charge is -2.09.